The van der Waals surface area contributed by atoms with Crippen molar-refractivity contribution in [3.05, 3.63) is 69.2 Å². The molecule has 0 saturated carbocycles. The molecule has 100 valence electrons. The van der Waals surface area contributed by atoms with Gasteiger partial charge in [-0.2, -0.15) is 0 Å². The van der Waals surface area contributed by atoms with Gasteiger partial charge in [0, 0.05) is 15.6 Å². The highest BCUT2D eigenvalue weighted by atomic mass is 79.9. The summed E-state index contributed by atoms with van der Waals surface area (Å²) in [5.41, 5.74) is 4.45. The Morgan fingerprint density at radius 3 is 1.74 bits per heavy atom. The van der Waals surface area contributed by atoms with Gasteiger partial charge in [-0.05, 0) is 24.3 Å². The van der Waals surface area contributed by atoms with Crippen molar-refractivity contribution >= 4 is 15.9 Å². The molecule has 0 fully saturated rings. The van der Waals surface area contributed by atoms with Crippen LogP contribution in [0.5, 0.6) is 0 Å². The first-order valence-corrected chi connectivity index (χ1v) is 6.05. The molecule has 2 N–H and O–H groups in total. The summed E-state index contributed by atoms with van der Waals surface area (Å²) in [4.78, 5) is 0. The minimum Gasteiger partial charge on any atom is -0.320 e. The van der Waals surface area contributed by atoms with Crippen molar-refractivity contribution in [1.29, 1.82) is 0 Å². The van der Waals surface area contributed by atoms with Crippen LogP contribution in [0.1, 0.15) is 17.2 Å². The zero-order valence-corrected chi connectivity index (χ0v) is 11.0. The molecular formula is C13H8BrF4N. The molecule has 0 amide bonds. The monoisotopic (exact) mass is 333 g/mol. The zero-order valence-electron chi connectivity index (χ0n) is 9.43. The maximum atomic E-state index is 13.7. The molecule has 1 nitrogen and oxygen atoms in total. The first-order valence-electron chi connectivity index (χ1n) is 5.25. The molecule has 19 heavy (non-hydrogen) atoms. The number of rotatable bonds is 2. The van der Waals surface area contributed by atoms with Crippen LogP contribution in [0.3, 0.4) is 0 Å². The molecule has 0 aromatic heterocycles. The number of halogens is 5. The highest BCUT2D eigenvalue weighted by Crippen LogP contribution is 2.30. The van der Waals surface area contributed by atoms with Crippen molar-refractivity contribution in [3.63, 3.8) is 0 Å². The summed E-state index contributed by atoms with van der Waals surface area (Å²) in [6.45, 7) is 0. The second-order valence-corrected chi connectivity index (χ2v) is 4.81. The number of nitrogens with two attached hydrogens (primary N) is 1. The van der Waals surface area contributed by atoms with Gasteiger partial charge in [0.05, 0.1) is 6.04 Å². The third-order valence-corrected chi connectivity index (χ3v) is 3.12. The van der Waals surface area contributed by atoms with Gasteiger partial charge in [-0.3, -0.25) is 0 Å². The van der Waals surface area contributed by atoms with Gasteiger partial charge in [-0.1, -0.05) is 22.0 Å². The first kappa shape index (κ1) is 14.0. The maximum Gasteiger partial charge on any atom is 0.132 e. The van der Waals surface area contributed by atoms with Crippen LogP contribution in [-0.4, -0.2) is 0 Å². The topological polar surface area (TPSA) is 26.0 Å². The smallest absolute Gasteiger partial charge is 0.132 e. The van der Waals surface area contributed by atoms with Crippen LogP contribution in [0.4, 0.5) is 17.6 Å². The average molecular weight is 334 g/mol. The Hall–Kier alpha value is -1.40. The SMILES string of the molecule is NC(c1c(F)cccc1F)c1c(F)cc(Br)cc1F. The molecule has 6 heteroatoms. The third kappa shape index (κ3) is 2.64. The van der Waals surface area contributed by atoms with E-state index < -0.39 is 40.4 Å². The van der Waals surface area contributed by atoms with Crippen molar-refractivity contribution in [2.75, 3.05) is 0 Å². The predicted molar refractivity (Wildman–Crippen MR) is 66.4 cm³/mol. The van der Waals surface area contributed by atoms with E-state index >= 15 is 0 Å². The van der Waals surface area contributed by atoms with Crippen molar-refractivity contribution in [1.82, 2.24) is 0 Å². The molecule has 0 bridgehead atoms. The molecule has 0 saturated heterocycles. The number of benzene rings is 2. The number of hydrogen-bond donors (Lipinski definition) is 1. The van der Waals surface area contributed by atoms with E-state index in [1.54, 1.807) is 0 Å². The van der Waals surface area contributed by atoms with Crippen LogP contribution in [0, 0.1) is 23.3 Å². The molecule has 0 aliphatic carbocycles. The van der Waals surface area contributed by atoms with Gasteiger partial charge < -0.3 is 5.73 Å². The molecule has 0 aliphatic rings. The minimum atomic E-state index is -1.56. The fourth-order valence-corrected chi connectivity index (χ4v) is 2.20. The summed E-state index contributed by atoms with van der Waals surface area (Å²) in [7, 11) is 0. The Labute approximate surface area is 115 Å². The van der Waals surface area contributed by atoms with Gasteiger partial charge in [0.2, 0.25) is 0 Å². The van der Waals surface area contributed by atoms with Gasteiger partial charge in [0.15, 0.2) is 0 Å². The van der Waals surface area contributed by atoms with E-state index in [1.165, 1.54) is 0 Å². The van der Waals surface area contributed by atoms with Crippen LogP contribution in [0.25, 0.3) is 0 Å². The van der Waals surface area contributed by atoms with Crippen molar-refractivity contribution in [2.45, 2.75) is 6.04 Å². The molecule has 0 spiro atoms. The molecule has 1 unspecified atom stereocenters. The quantitative estimate of drug-likeness (QED) is 0.824. The minimum absolute atomic E-state index is 0.174. The molecule has 0 aliphatic heterocycles. The van der Waals surface area contributed by atoms with Crippen LogP contribution in [0.2, 0.25) is 0 Å². The first-order chi connectivity index (χ1) is 8.91. The second kappa shape index (κ2) is 5.30. The third-order valence-electron chi connectivity index (χ3n) is 2.67. The summed E-state index contributed by atoms with van der Waals surface area (Å²) in [6.07, 6.45) is 0. The Kier molecular flexibility index (Phi) is 3.91. The summed E-state index contributed by atoms with van der Waals surface area (Å²) >= 11 is 2.91. The molecule has 2 rings (SSSR count). The Bertz CT molecular complexity index is 587. The Morgan fingerprint density at radius 1 is 0.842 bits per heavy atom. The normalized spacial score (nSPS) is 12.5. The highest BCUT2D eigenvalue weighted by molar-refractivity contribution is 9.10. The van der Waals surface area contributed by atoms with Gasteiger partial charge in [0.1, 0.15) is 23.3 Å². The highest BCUT2D eigenvalue weighted by Gasteiger charge is 2.24. The fraction of sp³-hybridized carbons (Fsp3) is 0.0769. The van der Waals surface area contributed by atoms with Crippen molar-refractivity contribution in [2.24, 2.45) is 5.73 Å². The van der Waals surface area contributed by atoms with Gasteiger partial charge >= 0.3 is 0 Å². The molecule has 2 aromatic rings. The molecule has 2 aromatic carbocycles. The largest absolute Gasteiger partial charge is 0.320 e. The van der Waals surface area contributed by atoms with Gasteiger partial charge in [-0.15, -0.1) is 0 Å². The van der Waals surface area contributed by atoms with E-state index in [9.17, 15) is 17.6 Å². The summed E-state index contributed by atoms with van der Waals surface area (Å²) in [5.74, 6) is -3.84. The lowest BCUT2D eigenvalue weighted by Gasteiger charge is -2.16. The summed E-state index contributed by atoms with van der Waals surface area (Å²) < 4.78 is 54.7. The number of hydrogen-bond acceptors (Lipinski definition) is 1. The van der Waals surface area contributed by atoms with Crippen molar-refractivity contribution in [3.8, 4) is 0 Å². The molecule has 0 radical (unpaired) electrons. The summed E-state index contributed by atoms with van der Waals surface area (Å²) in [6, 6.07) is 3.51. The van der Waals surface area contributed by atoms with Crippen LogP contribution >= 0.6 is 15.9 Å². The van der Waals surface area contributed by atoms with E-state index in [-0.39, 0.29) is 4.47 Å². The Morgan fingerprint density at radius 2 is 1.26 bits per heavy atom. The Balaban J connectivity index is 2.60. The predicted octanol–water partition coefficient (Wildman–Crippen LogP) is 4.05. The van der Waals surface area contributed by atoms with E-state index in [0.717, 1.165) is 30.3 Å². The van der Waals surface area contributed by atoms with Crippen LogP contribution in [-0.2, 0) is 0 Å². The van der Waals surface area contributed by atoms with Gasteiger partial charge in [0.25, 0.3) is 0 Å². The van der Waals surface area contributed by atoms with Gasteiger partial charge in [-0.25, -0.2) is 17.6 Å². The lowest BCUT2D eigenvalue weighted by atomic mass is 9.97. The average Bonchev–Trinajstić information content (AvgIpc) is 2.26. The molecular weight excluding hydrogens is 326 g/mol. The lowest BCUT2D eigenvalue weighted by molar-refractivity contribution is 0.510. The van der Waals surface area contributed by atoms with Crippen molar-refractivity contribution < 1.29 is 17.6 Å². The fourth-order valence-electron chi connectivity index (χ4n) is 1.80. The van der Waals surface area contributed by atoms with E-state index in [4.69, 9.17) is 5.73 Å². The molecule has 0 heterocycles. The van der Waals surface area contributed by atoms with Crippen LogP contribution in [0.15, 0.2) is 34.8 Å². The van der Waals surface area contributed by atoms with E-state index in [1.807, 2.05) is 0 Å². The van der Waals surface area contributed by atoms with E-state index in [2.05, 4.69) is 15.9 Å². The van der Waals surface area contributed by atoms with Crippen LogP contribution < -0.4 is 5.73 Å². The van der Waals surface area contributed by atoms with E-state index in [0.29, 0.717) is 0 Å². The molecule has 1 atom stereocenters. The maximum absolute atomic E-state index is 13.7. The second-order valence-electron chi connectivity index (χ2n) is 3.90. The zero-order chi connectivity index (χ0) is 14.2. The standard InChI is InChI=1S/C13H8BrF4N/c14-6-4-9(17)12(10(18)5-6)13(19)11-7(15)2-1-3-8(11)16/h1-5,13H,19H2. The lowest BCUT2D eigenvalue weighted by Crippen LogP contribution is -2.18. The summed E-state index contributed by atoms with van der Waals surface area (Å²) in [5, 5.41) is 0.